The molecule has 1 heterocycles. The molecular formula is C15H18N2O2S. The summed E-state index contributed by atoms with van der Waals surface area (Å²) in [5.74, 6) is -0.112. The van der Waals surface area contributed by atoms with E-state index in [0.717, 1.165) is 17.0 Å². The van der Waals surface area contributed by atoms with Crippen LogP contribution >= 0.6 is 11.8 Å². The molecule has 1 aromatic heterocycles. The van der Waals surface area contributed by atoms with Gasteiger partial charge in [0.05, 0.1) is 5.69 Å². The molecule has 2 rings (SSSR count). The molecule has 1 N–H and O–H groups in total. The van der Waals surface area contributed by atoms with Crippen LogP contribution in [0.5, 0.6) is 0 Å². The highest BCUT2D eigenvalue weighted by molar-refractivity contribution is 7.99. The van der Waals surface area contributed by atoms with Crippen LogP contribution in [0.15, 0.2) is 36.4 Å². The number of thioether (sulfide) groups is 1. The number of carboxylic acids is 1. The fraction of sp³-hybridized carbons (Fsp3) is 0.333. The van der Waals surface area contributed by atoms with E-state index >= 15 is 0 Å². The van der Waals surface area contributed by atoms with Crippen molar-refractivity contribution in [3.8, 4) is 0 Å². The van der Waals surface area contributed by atoms with Crippen LogP contribution in [0.2, 0.25) is 0 Å². The average molecular weight is 290 g/mol. The number of nitrogens with zero attached hydrogens (tertiary/aromatic N) is 2. The van der Waals surface area contributed by atoms with Crippen LogP contribution in [0.4, 0.5) is 0 Å². The molecule has 0 saturated carbocycles. The van der Waals surface area contributed by atoms with Gasteiger partial charge in [-0.05, 0) is 25.0 Å². The average Bonchev–Trinajstić information content (AvgIpc) is 2.73. The second kappa shape index (κ2) is 6.61. The van der Waals surface area contributed by atoms with E-state index in [1.165, 1.54) is 11.8 Å². The number of aromatic nitrogens is 2. The summed E-state index contributed by atoms with van der Waals surface area (Å²) in [6.45, 7) is 1.94. The molecule has 5 heteroatoms. The van der Waals surface area contributed by atoms with Crippen molar-refractivity contribution in [1.82, 2.24) is 9.78 Å². The van der Waals surface area contributed by atoms with Gasteiger partial charge in [-0.2, -0.15) is 5.10 Å². The van der Waals surface area contributed by atoms with Gasteiger partial charge in [0.25, 0.3) is 0 Å². The van der Waals surface area contributed by atoms with Gasteiger partial charge >= 0.3 is 5.97 Å². The molecular weight excluding hydrogens is 272 g/mol. The fourth-order valence-electron chi connectivity index (χ4n) is 2.03. The number of hydrogen-bond donors (Lipinski definition) is 1. The number of benzene rings is 1. The Labute approximate surface area is 122 Å². The summed E-state index contributed by atoms with van der Waals surface area (Å²) in [6.07, 6.45) is 0.539. The molecule has 0 aliphatic carbocycles. The van der Waals surface area contributed by atoms with E-state index in [9.17, 15) is 9.90 Å². The maximum atomic E-state index is 11.4. The highest BCUT2D eigenvalue weighted by Crippen LogP contribution is 2.22. The highest BCUT2D eigenvalue weighted by Gasteiger charge is 2.19. The lowest BCUT2D eigenvalue weighted by molar-refractivity contribution is -0.136. The van der Waals surface area contributed by atoms with Crippen molar-refractivity contribution in [3.63, 3.8) is 0 Å². The molecule has 0 fully saturated rings. The first-order valence-corrected chi connectivity index (χ1v) is 7.49. The number of hydrogen-bond acceptors (Lipinski definition) is 3. The van der Waals surface area contributed by atoms with E-state index in [1.807, 2.05) is 55.1 Å². The van der Waals surface area contributed by atoms with Crippen molar-refractivity contribution in [2.45, 2.75) is 24.3 Å². The molecule has 1 atom stereocenters. The van der Waals surface area contributed by atoms with Crippen LogP contribution in [-0.4, -0.2) is 26.1 Å². The molecule has 4 nitrogen and oxygen atoms in total. The zero-order chi connectivity index (χ0) is 14.5. The molecule has 20 heavy (non-hydrogen) atoms. The summed E-state index contributed by atoms with van der Waals surface area (Å²) >= 11 is 1.44. The SMILES string of the molecule is Cc1cc(CSC(Cc2ccccc2)C(=O)O)n(C)n1. The van der Waals surface area contributed by atoms with E-state index in [-0.39, 0.29) is 0 Å². The Hall–Kier alpha value is -1.75. The first kappa shape index (κ1) is 14.7. The Morgan fingerprint density at radius 2 is 2.10 bits per heavy atom. The maximum Gasteiger partial charge on any atom is 0.316 e. The van der Waals surface area contributed by atoms with Crippen LogP contribution in [0.3, 0.4) is 0 Å². The molecule has 0 bridgehead atoms. The molecule has 0 radical (unpaired) electrons. The minimum absolute atomic E-state index is 0.437. The van der Waals surface area contributed by atoms with Crippen molar-refractivity contribution in [2.24, 2.45) is 7.05 Å². The first-order chi connectivity index (χ1) is 9.56. The molecule has 2 aromatic rings. The summed E-state index contributed by atoms with van der Waals surface area (Å²) in [5, 5.41) is 13.2. The number of carbonyl (C=O) groups is 1. The molecule has 0 aliphatic heterocycles. The van der Waals surface area contributed by atoms with Crippen molar-refractivity contribution in [1.29, 1.82) is 0 Å². The third-order valence-corrected chi connectivity index (χ3v) is 4.30. The van der Waals surface area contributed by atoms with Gasteiger partial charge in [-0.3, -0.25) is 9.48 Å². The third kappa shape index (κ3) is 3.87. The standard InChI is InChI=1S/C15H18N2O2S/c1-11-8-13(17(2)16-11)10-20-14(15(18)19)9-12-6-4-3-5-7-12/h3-8,14H,9-10H2,1-2H3,(H,18,19). The zero-order valence-corrected chi connectivity index (χ0v) is 12.4. The number of aliphatic carboxylic acids is 1. The van der Waals surface area contributed by atoms with E-state index in [4.69, 9.17) is 0 Å². The van der Waals surface area contributed by atoms with E-state index < -0.39 is 11.2 Å². The van der Waals surface area contributed by atoms with Gasteiger partial charge in [0.2, 0.25) is 0 Å². The minimum Gasteiger partial charge on any atom is -0.480 e. The summed E-state index contributed by atoms with van der Waals surface area (Å²) in [5.41, 5.74) is 3.05. The topological polar surface area (TPSA) is 55.1 Å². The Balaban J connectivity index is 2.00. The van der Waals surface area contributed by atoms with E-state index in [2.05, 4.69) is 5.10 Å². The van der Waals surface area contributed by atoms with Crippen molar-refractivity contribution >= 4 is 17.7 Å². The monoisotopic (exact) mass is 290 g/mol. The number of aryl methyl sites for hydroxylation is 2. The minimum atomic E-state index is -0.766. The third-order valence-electron chi connectivity index (χ3n) is 3.07. The van der Waals surface area contributed by atoms with Gasteiger partial charge in [-0.25, -0.2) is 0 Å². The number of rotatable bonds is 6. The van der Waals surface area contributed by atoms with Crippen molar-refractivity contribution in [3.05, 3.63) is 53.3 Å². The quantitative estimate of drug-likeness (QED) is 0.888. The van der Waals surface area contributed by atoms with Crippen molar-refractivity contribution in [2.75, 3.05) is 0 Å². The highest BCUT2D eigenvalue weighted by atomic mass is 32.2. The molecule has 1 aromatic carbocycles. The van der Waals surface area contributed by atoms with Gasteiger partial charge in [0, 0.05) is 18.5 Å². The summed E-state index contributed by atoms with van der Waals surface area (Å²) in [7, 11) is 1.88. The van der Waals surface area contributed by atoms with Crippen LogP contribution in [0.1, 0.15) is 17.0 Å². The Morgan fingerprint density at radius 3 is 2.65 bits per heavy atom. The van der Waals surface area contributed by atoms with Crippen LogP contribution < -0.4 is 0 Å². The number of carboxylic acid groups (broad SMARTS) is 1. The molecule has 1 unspecified atom stereocenters. The van der Waals surface area contributed by atoms with E-state index in [0.29, 0.717) is 12.2 Å². The summed E-state index contributed by atoms with van der Waals surface area (Å²) in [6, 6.07) is 11.7. The molecule has 0 amide bonds. The second-order valence-electron chi connectivity index (χ2n) is 4.73. The molecule has 106 valence electrons. The van der Waals surface area contributed by atoms with Gasteiger partial charge < -0.3 is 5.11 Å². The second-order valence-corrected chi connectivity index (χ2v) is 5.92. The molecule has 0 saturated heterocycles. The van der Waals surface area contributed by atoms with Crippen LogP contribution in [0, 0.1) is 6.92 Å². The Bertz CT molecular complexity index is 581. The molecule has 0 aliphatic rings. The van der Waals surface area contributed by atoms with Crippen LogP contribution in [-0.2, 0) is 24.0 Å². The Morgan fingerprint density at radius 1 is 1.40 bits per heavy atom. The van der Waals surface area contributed by atoms with E-state index in [1.54, 1.807) is 0 Å². The van der Waals surface area contributed by atoms with Gasteiger partial charge in [0.1, 0.15) is 5.25 Å². The van der Waals surface area contributed by atoms with Crippen LogP contribution in [0.25, 0.3) is 0 Å². The predicted molar refractivity (Wildman–Crippen MR) is 80.8 cm³/mol. The zero-order valence-electron chi connectivity index (χ0n) is 11.6. The summed E-state index contributed by atoms with van der Waals surface area (Å²) < 4.78 is 1.81. The van der Waals surface area contributed by atoms with Gasteiger partial charge in [-0.15, -0.1) is 11.8 Å². The van der Waals surface area contributed by atoms with Gasteiger partial charge in [0.15, 0.2) is 0 Å². The lowest BCUT2D eigenvalue weighted by Crippen LogP contribution is -2.19. The Kier molecular flexibility index (Phi) is 4.84. The fourth-order valence-corrected chi connectivity index (χ4v) is 3.13. The first-order valence-electron chi connectivity index (χ1n) is 6.44. The predicted octanol–water partition coefficient (Wildman–Crippen LogP) is 2.66. The largest absolute Gasteiger partial charge is 0.480 e. The summed E-state index contributed by atoms with van der Waals surface area (Å²) in [4.78, 5) is 11.4. The smallest absolute Gasteiger partial charge is 0.316 e. The lowest BCUT2D eigenvalue weighted by Gasteiger charge is -2.12. The van der Waals surface area contributed by atoms with Gasteiger partial charge in [-0.1, -0.05) is 30.3 Å². The van der Waals surface area contributed by atoms with Crippen molar-refractivity contribution < 1.29 is 9.90 Å². The molecule has 0 spiro atoms. The normalized spacial score (nSPS) is 12.3. The lowest BCUT2D eigenvalue weighted by atomic mass is 10.1. The maximum absolute atomic E-state index is 11.4.